The van der Waals surface area contributed by atoms with E-state index in [0.29, 0.717) is 6.54 Å². The Kier molecular flexibility index (Phi) is 2.50. The molecule has 72 valence electrons. The van der Waals surface area contributed by atoms with Gasteiger partial charge in [-0.2, -0.15) is 0 Å². The van der Waals surface area contributed by atoms with Crippen LogP contribution in [-0.2, 0) is 0 Å². The van der Waals surface area contributed by atoms with E-state index >= 15 is 0 Å². The zero-order chi connectivity index (χ0) is 9.41. The highest BCUT2D eigenvalue weighted by Gasteiger charge is 2.42. The Morgan fingerprint density at radius 3 is 2.17 bits per heavy atom. The lowest BCUT2D eigenvalue weighted by atomic mass is 9.73. The SMILES string of the molecule is CC(C)(CN)C(C)(O)CC1CC1. The van der Waals surface area contributed by atoms with E-state index in [4.69, 9.17) is 5.73 Å². The Balaban J connectivity index is 2.54. The molecule has 0 saturated heterocycles. The topological polar surface area (TPSA) is 46.2 Å². The molecule has 3 N–H and O–H groups in total. The average molecular weight is 171 g/mol. The normalized spacial score (nSPS) is 23.8. The molecule has 1 rings (SSSR count). The van der Waals surface area contributed by atoms with Crippen molar-refractivity contribution in [2.75, 3.05) is 6.54 Å². The molecule has 1 saturated carbocycles. The van der Waals surface area contributed by atoms with Gasteiger partial charge >= 0.3 is 0 Å². The monoisotopic (exact) mass is 171 g/mol. The lowest BCUT2D eigenvalue weighted by Gasteiger charge is -2.39. The number of hydrogen-bond acceptors (Lipinski definition) is 2. The van der Waals surface area contributed by atoms with E-state index in [-0.39, 0.29) is 5.41 Å². The molecule has 2 heteroatoms. The second-order valence-corrected chi connectivity index (χ2v) is 5.01. The van der Waals surface area contributed by atoms with Crippen molar-refractivity contribution in [3.63, 3.8) is 0 Å². The van der Waals surface area contributed by atoms with E-state index in [2.05, 4.69) is 0 Å². The highest BCUT2D eigenvalue weighted by atomic mass is 16.3. The summed E-state index contributed by atoms with van der Waals surface area (Å²) in [6, 6.07) is 0. The molecule has 1 unspecified atom stereocenters. The average Bonchev–Trinajstić information content (AvgIpc) is 2.70. The van der Waals surface area contributed by atoms with Crippen LogP contribution in [0.15, 0.2) is 0 Å². The fourth-order valence-electron chi connectivity index (χ4n) is 1.38. The van der Waals surface area contributed by atoms with Gasteiger partial charge < -0.3 is 10.8 Å². The standard InChI is InChI=1S/C10H21NO/c1-9(2,7-11)10(3,12)6-8-4-5-8/h8,12H,4-7,11H2,1-3H3. The van der Waals surface area contributed by atoms with Crippen LogP contribution in [-0.4, -0.2) is 17.3 Å². The van der Waals surface area contributed by atoms with Crippen molar-refractivity contribution in [1.29, 1.82) is 0 Å². The molecule has 1 aliphatic rings. The van der Waals surface area contributed by atoms with Crippen LogP contribution in [0.25, 0.3) is 0 Å². The Morgan fingerprint density at radius 2 is 1.83 bits per heavy atom. The molecule has 0 amide bonds. The Bertz CT molecular complexity index is 159. The quantitative estimate of drug-likeness (QED) is 0.673. The molecule has 2 nitrogen and oxygen atoms in total. The highest BCUT2D eigenvalue weighted by molar-refractivity contribution is 4.94. The van der Waals surface area contributed by atoms with Gasteiger partial charge in [0.1, 0.15) is 0 Å². The molecule has 1 aliphatic carbocycles. The van der Waals surface area contributed by atoms with E-state index in [1.54, 1.807) is 0 Å². The van der Waals surface area contributed by atoms with Crippen molar-refractivity contribution in [3.8, 4) is 0 Å². The van der Waals surface area contributed by atoms with Gasteiger partial charge in [0.05, 0.1) is 5.60 Å². The molecule has 0 aromatic heterocycles. The summed E-state index contributed by atoms with van der Waals surface area (Å²) < 4.78 is 0. The van der Waals surface area contributed by atoms with E-state index < -0.39 is 5.60 Å². The molecule has 0 aliphatic heterocycles. The maximum absolute atomic E-state index is 10.2. The number of aliphatic hydroxyl groups is 1. The first-order chi connectivity index (χ1) is 5.39. The molecule has 1 fully saturated rings. The van der Waals surface area contributed by atoms with Gasteiger partial charge in [-0.1, -0.05) is 26.7 Å². The summed E-state index contributed by atoms with van der Waals surface area (Å²) in [6.07, 6.45) is 3.49. The van der Waals surface area contributed by atoms with Gasteiger partial charge in [0, 0.05) is 12.0 Å². The van der Waals surface area contributed by atoms with E-state index in [9.17, 15) is 5.11 Å². The summed E-state index contributed by atoms with van der Waals surface area (Å²) in [5, 5.41) is 10.2. The summed E-state index contributed by atoms with van der Waals surface area (Å²) in [4.78, 5) is 0. The third kappa shape index (κ3) is 1.99. The van der Waals surface area contributed by atoms with Gasteiger partial charge in [-0.25, -0.2) is 0 Å². The molecule has 0 aromatic rings. The largest absolute Gasteiger partial charge is 0.390 e. The molecule has 0 spiro atoms. The lowest BCUT2D eigenvalue weighted by molar-refractivity contribution is -0.0568. The van der Waals surface area contributed by atoms with E-state index in [1.807, 2.05) is 20.8 Å². The van der Waals surface area contributed by atoms with Crippen molar-refractivity contribution in [1.82, 2.24) is 0 Å². The highest BCUT2D eigenvalue weighted by Crippen LogP contribution is 2.42. The van der Waals surface area contributed by atoms with Crippen molar-refractivity contribution in [2.24, 2.45) is 17.1 Å². The van der Waals surface area contributed by atoms with Gasteiger partial charge in [0.2, 0.25) is 0 Å². The smallest absolute Gasteiger partial charge is 0.0685 e. The van der Waals surface area contributed by atoms with Crippen LogP contribution >= 0.6 is 0 Å². The first-order valence-corrected chi connectivity index (χ1v) is 4.81. The first kappa shape index (κ1) is 10.0. The fourth-order valence-corrected chi connectivity index (χ4v) is 1.38. The minimum atomic E-state index is -0.594. The third-order valence-corrected chi connectivity index (χ3v) is 3.35. The van der Waals surface area contributed by atoms with Crippen molar-refractivity contribution in [3.05, 3.63) is 0 Å². The maximum Gasteiger partial charge on any atom is 0.0685 e. The van der Waals surface area contributed by atoms with Crippen LogP contribution in [0, 0.1) is 11.3 Å². The van der Waals surface area contributed by atoms with Crippen LogP contribution in [0.3, 0.4) is 0 Å². The molecule has 0 heterocycles. The van der Waals surface area contributed by atoms with E-state index in [0.717, 1.165) is 12.3 Å². The van der Waals surface area contributed by atoms with Crippen molar-refractivity contribution >= 4 is 0 Å². The Hall–Kier alpha value is -0.0800. The van der Waals surface area contributed by atoms with Crippen LogP contribution < -0.4 is 5.73 Å². The van der Waals surface area contributed by atoms with Gasteiger partial charge in [-0.15, -0.1) is 0 Å². The second kappa shape index (κ2) is 3.00. The van der Waals surface area contributed by atoms with Crippen molar-refractivity contribution in [2.45, 2.75) is 45.6 Å². The van der Waals surface area contributed by atoms with Crippen LogP contribution in [0.2, 0.25) is 0 Å². The second-order valence-electron chi connectivity index (χ2n) is 5.01. The zero-order valence-electron chi connectivity index (χ0n) is 8.43. The van der Waals surface area contributed by atoms with Crippen LogP contribution in [0.4, 0.5) is 0 Å². The summed E-state index contributed by atoms with van der Waals surface area (Å²) in [5.74, 6) is 0.755. The molecule has 1 atom stereocenters. The van der Waals surface area contributed by atoms with Gasteiger partial charge in [0.15, 0.2) is 0 Å². The molecule has 12 heavy (non-hydrogen) atoms. The minimum Gasteiger partial charge on any atom is -0.390 e. The minimum absolute atomic E-state index is 0.157. The number of nitrogens with two attached hydrogens (primary N) is 1. The molecular formula is C10H21NO. The summed E-state index contributed by atoms with van der Waals surface area (Å²) in [7, 11) is 0. The van der Waals surface area contributed by atoms with Crippen LogP contribution in [0.5, 0.6) is 0 Å². The van der Waals surface area contributed by atoms with Gasteiger partial charge in [-0.3, -0.25) is 0 Å². The predicted octanol–water partition coefficient (Wildman–Crippen LogP) is 1.52. The summed E-state index contributed by atoms with van der Waals surface area (Å²) >= 11 is 0. The Labute approximate surface area is 75.2 Å². The summed E-state index contributed by atoms with van der Waals surface area (Å²) in [5.41, 5.74) is 4.88. The summed E-state index contributed by atoms with van der Waals surface area (Å²) in [6.45, 7) is 6.54. The molecule has 0 aromatic carbocycles. The van der Waals surface area contributed by atoms with Crippen molar-refractivity contribution < 1.29 is 5.11 Å². The first-order valence-electron chi connectivity index (χ1n) is 4.81. The van der Waals surface area contributed by atoms with Gasteiger partial charge in [-0.05, 0) is 19.3 Å². The Morgan fingerprint density at radius 1 is 1.33 bits per heavy atom. The van der Waals surface area contributed by atoms with Crippen LogP contribution in [0.1, 0.15) is 40.0 Å². The number of hydrogen-bond donors (Lipinski definition) is 2. The zero-order valence-corrected chi connectivity index (χ0v) is 8.43. The third-order valence-electron chi connectivity index (χ3n) is 3.35. The van der Waals surface area contributed by atoms with Gasteiger partial charge in [0.25, 0.3) is 0 Å². The number of rotatable bonds is 4. The molecule has 0 radical (unpaired) electrons. The lowest BCUT2D eigenvalue weighted by Crippen LogP contribution is -2.46. The predicted molar refractivity (Wildman–Crippen MR) is 50.8 cm³/mol. The maximum atomic E-state index is 10.2. The fraction of sp³-hybridized carbons (Fsp3) is 1.00. The molecular weight excluding hydrogens is 150 g/mol. The molecule has 0 bridgehead atoms. The van der Waals surface area contributed by atoms with E-state index in [1.165, 1.54) is 12.8 Å².